The van der Waals surface area contributed by atoms with Crippen LogP contribution in [0.2, 0.25) is 0 Å². The Labute approximate surface area is 318 Å². The number of pyridine rings is 1. The van der Waals surface area contributed by atoms with E-state index in [1.165, 1.54) is 36.5 Å². The van der Waals surface area contributed by atoms with Gasteiger partial charge in [-0.15, -0.1) is 0 Å². The summed E-state index contributed by atoms with van der Waals surface area (Å²) in [6.07, 6.45) is 3.47. The molecule has 7 N–H and O–H groups in total. The molecule has 1 aromatic heterocycles. The molecule has 0 aliphatic rings. The predicted molar refractivity (Wildman–Crippen MR) is 164 cm³/mol. The van der Waals surface area contributed by atoms with Crippen LogP contribution in [-0.2, 0) is 30.4 Å². The molecule has 1 heterocycles. The molecule has 0 unspecified atom stereocenters. The number of benzene rings is 3. The van der Waals surface area contributed by atoms with Gasteiger partial charge in [0.25, 0.3) is 36.3 Å². The molecule has 0 aliphatic heterocycles. The minimum atomic E-state index is -4.93. The smallest absolute Gasteiger partial charge is 0.295 e. The van der Waals surface area contributed by atoms with Gasteiger partial charge in [0.1, 0.15) is 20.2 Å². The first-order valence-electron chi connectivity index (χ1n) is 11.0. The second-order valence-electron chi connectivity index (χ2n) is 8.43. The Hall–Kier alpha value is -1.39. The largest absolute Gasteiger partial charge is 0.505 e. The zero-order valence-electron chi connectivity index (χ0n) is 23.3. The van der Waals surface area contributed by atoms with Crippen LogP contribution < -0.4 is 11.1 Å². The molecule has 0 spiro atoms. The van der Waals surface area contributed by atoms with E-state index < -0.39 is 62.3 Å². The molecule has 0 fully saturated rings. The summed E-state index contributed by atoms with van der Waals surface area (Å²) < 4.78 is 100. The van der Waals surface area contributed by atoms with Gasteiger partial charge in [0.2, 0.25) is 0 Å². The molecular weight excluding hydrogens is 671 g/mol. The molecule has 0 atom stereocenters. The predicted octanol–water partition coefficient (Wildman–Crippen LogP) is 1.54. The van der Waals surface area contributed by atoms with Crippen molar-refractivity contribution >= 4 is 159 Å². The summed E-state index contributed by atoms with van der Waals surface area (Å²) in [5.74, 6) is -1.85. The molecule has 3 aromatic carbocycles. The van der Waals surface area contributed by atoms with E-state index in [2.05, 4.69) is 10.3 Å². The Morgan fingerprint density at radius 1 is 0.750 bits per heavy atom. The second-order valence-corrected chi connectivity index (χ2v) is 12.6. The normalized spacial score (nSPS) is 11.7. The number of phenols is 1. The monoisotopic (exact) mass is 690 g/mol. The van der Waals surface area contributed by atoms with Crippen molar-refractivity contribution < 1.29 is 48.8 Å². The molecule has 217 valence electrons. The molecular formula is C24H19N3Na3O11S3. The molecule has 44 heavy (non-hydrogen) atoms. The standard InChI is InChI=1S/C24H19N3O11S3.3Na/c25-15-7-5-13(19(10-15)39(30,31)32)3-4-14-6-8-16(11-20(14)40(33,34)35)27-24(29)18-12-21(41(36,37)38)17-2-1-9-26-22(17)23(18)28;;;/h1-12,28H,25H2,(H,27,29)(H,30,31,32)(H,33,34,35)(H,36,37,38);;;. The number of phenolic OH excluding ortho intramolecular Hbond substituents is 1. The third kappa shape index (κ3) is 9.34. The Bertz CT molecular complexity index is 2110. The van der Waals surface area contributed by atoms with E-state index in [1.807, 2.05) is 0 Å². The van der Waals surface area contributed by atoms with Crippen LogP contribution in [-0.4, -0.2) is 144 Å². The molecule has 4 rings (SSSR count). The minimum absolute atomic E-state index is 0. The first-order chi connectivity index (χ1) is 19.0. The van der Waals surface area contributed by atoms with Gasteiger partial charge >= 0.3 is 0 Å². The molecule has 1 amide bonds. The van der Waals surface area contributed by atoms with Gasteiger partial charge in [0.05, 0.1) is 5.56 Å². The number of nitrogens with one attached hydrogen (secondary N) is 1. The van der Waals surface area contributed by atoms with Gasteiger partial charge in [-0.05, 0) is 53.6 Å². The van der Waals surface area contributed by atoms with Crippen LogP contribution in [0.3, 0.4) is 0 Å². The zero-order valence-corrected chi connectivity index (χ0v) is 31.8. The van der Waals surface area contributed by atoms with Crippen LogP contribution in [0.25, 0.3) is 23.1 Å². The minimum Gasteiger partial charge on any atom is -0.505 e. The number of nitrogen functional groups attached to an aromatic ring is 1. The Morgan fingerprint density at radius 2 is 1.27 bits per heavy atom. The fourth-order valence-electron chi connectivity index (χ4n) is 3.85. The number of amides is 1. The summed E-state index contributed by atoms with van der Waals surface area (Å²) in [7, 11) is -14.5. The van der Waals surface area contributed by atoms with E-state index in [0.717, 1.165) is 30.4 Å². The maximum atomic E-state index is 13.0. The molecule has 0 saturated heterocycles. The van der Waals surface area contributed by atoms with Gasteiger partial charge in [0, 0.05) is 112 Å². The number of anilines is 2. The number of fused-ring (bicyclic) bond motifs is 1. The maximum absolute atomic E-state index is 13.0. The van der Waals surface area contributed by atoms with Crippen molar-refractivity contribution in [3.63, 3.8) is 0 Å². The van der Waals surface area contributed by atoms with Gasteiger partial charge in [-0.3, -0.25) is 23.4 Å². The third-order valence-corrected chi connectivity index (χ3v) is 8.37. The van der Waals surface area contributed by atoms with Crippen LogP contribution in [0, 0.1) is 0 Å². The molecule has 0 aliphatic carbocycles. The van der Waals surface area contributed by atoms with Crippen molar-refractivity contribution in [2.45, 2.75) is 14.7 Å². The summed E-state index contributed by atoms with van der Waals surface area (Å²) in [4.78, 5) is 14.8. The van der Waals surface area contributed by atoms with Crippen molar-refractivity contribution in [1.82, 2.24) is 4.98 Å². The van der Waals surface area contributed by atoms with Crippen molar-refractivity contribution in [3.8, 4) is 5.75 Å². The fourth-order valence-corrected chi connectivity index (χ4v) is 5.99. The Morgan fingerprint density at radius 3 is 1.82 bits per heavy atom. The van der Waals surface area contributed by atoms with Gasteiger partial charge in [-0.1, -0.05) is 24.3 Å². The molecule has 0 bridgehead atoms. The van der Waals surface area contributed by atoms with E-state index >= 15 is 0 Å². The summed E-state index contributed by atoms with van der Waals surface area (Å²) in [6.45, 7) is 0. The quantitative estimate of drug-likeness (QED) is 0.0698. The number of carbonyl (C=O) groups excluding carboxylic acids is 1. The fraction of sp³-hybridized carbons (Fsp3) is 0. The van der Waals surface area contributed by atoms with E-state index in [4.69, 9.17) is 5.73 Å². The number of carbonyl (C=O) groups is 1. The van der Waals surface area contributed by atoms with Crippen LogP contribution >= 0.6 is 0 Å². The average Bonchev–Trinajstić information content (AvgIpc) is 2.87. The number of aromatic nitrogens is 1. The number of nitrogens with zero attached hydrogens (tertiary/aromatic N) is 1. The van der Waals surface area contributed by atoms with Crippen LogP contribution in [0.1, 0.15) is 21.5 Å². The van der Waals surface area contributed by atoms with E-state index in [0.29, 0.717) is 6.07 Å². The Kier molecular flexibility index (Phi) is 14.3. The van der Waals surface area contributed by atoms with Crippen molar-refractivity contribution in [3.05, 3.63) is 77.5 Å². The SMILES string of the molecule is Nc1ccc(C=Cc2ccc(NC(=O)c3cc(S(=O)(=O)O)c4cccnc4c3O)cc2S(=O)(=O)O)c(S(=O)(=O)O)c1.[Na].[Na].[Na]. The number of nitrogens with two attached hydrogens (primary N) is 1. The van der Waals surface area contributed by atoms with Gasteiger partial charge in [0.15, 0.2) is 5.75 Å². The number of rotatable bonds is 7. The van der Waals surface area contributed by atoms with Gasteiger partial charge < -0.3 is 16.2 Å². The first-order valence-corrected chi connectivity index (χ1v) is 15.3. The second kappa shape index (κ2) is 15.5. The number of hydrogen-bond acceptors (Lipinski definition) is 10. The molecule has 0 saturated carbocycles. The summed E-state index contributed by atoms with van der Waals surface area (Å²) in [6, 6.07) is 10.1. The molecule has 4 aromatic rings. The van der Waals surface area contributed by atoms with E-state index in [9.17, 15) is 48.8 Å². The van der Waals surface area contributed by atoms with E-state index in [-0.39, 0.29) is 122 Å². The molecule has 3 radical (unpaired) electrons. The van der Waals surface area contributed by atoms with Gasteiger partial charge in [-0.2, -0.15) is 25.3 Å². The summed E-state index contributed by atoms with van der Waals surface area (Å²) in [5, 5.41) is 12.7. The summed E-state index contributed by atoms with van der Waals surface area (Å²) >= 11 is 0. The third-order valence-electron chi connectivity index (χ3n) is 5.66. The van der Waals surface area contributed by atoms with Crippen LogP contribution in [0.5, 0.6) is 5.75 Å². The number of aromatic hydroxyl groups is 1. The maximum Gasteiger partial charge on any atom is 0.295 e. The topological polar surface area (TPSA) is 251 Å². The van der Waals surface area contributed by atoms with Crippen molar-refractivity contribution in [1.29, 1.82) is 0 Å². The van der Waals surface area contributed by atoms with Gasteiger partial charge in [-0.25, -0.2) is 0 Å². The first kappa shape index (κ1) is 40.6. The zero-order chi connectivity index (χ0) is 30.3. The van der Waals surface area contributed by atoms with Crippen molar-refractivity contribution in [2.75, 3.05) is 11.1 Å². The number of hydrogen-bond donors (Lipinski definition) is 6. The summed E-state index contributed by atoms with van der Waals surface area (Å²) in [5.41, 5.74) is 4.23. The Balaban J connectivity index is 0.00000323. The van der Waals surface area contributed by atoms with Crippen LogP contribution in [0.15, 0.2) is 75.5 Å². The molecule has 14 nitrogen and oxygen atoms in total. The molecule has 20 heteroatoms. The van der Waals surface area contributed by atoms with Crippen LogP contribution in [0.4, 0.5) is 11.4 Å². The van der Waals surface area contributed by atoms with E-state index in [1.54, 1.807) is 0 Å². The average molecular weight is 691 g/mol. The van der Waals surface area contributed by atoms with Crippen molar-refractivity contribution in [2.24, 2.45) is 0 Å².